The smallest absolute Gasteiger partial charge is 0.316 e. The number of oxazole rings is 1. The number of benzene rings is 1. The molecule has 19 heavy (non-hydrogen) atoms. The average Bonchev–Trinajstić information content (AvgIpc) is 2.83. The van der Waals surface area contributed by atoms with E-state index in [9.17, 15) is 8.42 Å². The van der Waals surface area contributed by atoms with Gasteiger partial charge in [-0.05, 0) is 25.0 Å². The average molecular weight is 280 g/mol. The summed E-state index contributed by atoms with van der Waals surface area (Å²) in [7, 11) is -3.46. The number of sulfone groups is 1. The van der Waals surface area contributed by atoms with Gasteiger partial charge >= 0.3 is 5.22 Å². The van der Waals surface area contributed by atoms with Crippen molar-refractivity contribution in [3.05, 3.63) is 18.2 Å². The minimum Gasteiger partial charge on any atom is -0.428 e. The molecular formula is C13H16N2O3S. The molecular weight excluding hydrogens is 264 g/mol. The molecule has 0 spiro atoms. The highest BCUT2D eigenvalue weighted by molar-refractivity contribution is 7.91. The van der Waals surface area contributed by atoms with Gasteiger partial charge in [0.2, 0.25) is 9.84 Å². The molecule has 6 heteroatoms. The van der Waals surface area contributed by atoms with E-state index in [1.54, 1.807) is 18.2 Å². The number of fused-ring (bicyclic) bond motifs is 1. The van der Waals surface area contributed by atoms with E-state index >= 15 is 0 Å². The largest absolute Gasteiger partial charge is 0.428 e. The van der Waals surface area contributed by atoms with Crippen LogP contribution in [0.3, 0.4) is 0 Å². The van der Waals surface area contributed by atoms with Crippen LogP contribution in [-0.4, -0.2) is 18.7 Å². The van der Waals surface area contributed by atoms with E-state index in [1.807, 2.05) is 0 Å². The van der Waals surface area contributed by atoms with Crippen molar-refractivity contribution in [2.45, 2.75) is 42.6 Å². The van der Waals surface area contributed by atoms with E-state index in [1.165, 1.54) is 0 Å². The van der Waals surface area contributed by atoms with Crippen LogP contribution < -0.4 is 5.73 Å². The highest BCUT2D eigenvalue weighted by Gasteiger charge is 2.33. The summed E-state index contributed by atoms with van der Waals surface area (Å²) < 4.78 is 30.3. The van der Waals surface area contributed by atoms with Gasteiger partial charge in [-0.25, -0.2) is 8.42 Å². The number of rotatable bonds is 2. The first-order valence-electron chi connectivity index (χ1n) is 6.47. The van der Waals surface area contributed by atoms with Crippen LogP contribution >= 0.6 is 0 Å². The van der Waals surface area contributed by atoms with Gasteiger partial charge in [-0.1, -0.05) is 19.3 Å². The van der Waals surface area contributed by atoms with Crippen molar-refractivity contribution in [3.8, 4) is 0 Å². The van der Waals surface area contributed by atoms with Crippen molar-refractivity contribution in [2.24, 2.45) is 0 Å². The summed E-state index contributed by atoms with van der Waals surface area (Å²) in [4.78, 5) is 4.09. The molecule has 1 fully saturated rings. The second-order valence-electron chi connectivity index (χ2n) is 5.01. The molecule has 0 aliphatic heterocycles. The number of nitrogens with two attached hydrogens (primary N) is 1. The van der Waals surface area contributed by atoms with Crippen LogP contribution in [0.1, 0.15) is 32.1 Å². The van der Waals surface area contributed by atoms with Gasteiger partial charge in [0.15, 0.2) is 5.58 Å². The van der Waals surface area contributed by atoms with E-state index < -0.39 is 9.84 Å². The monoisotopic (exact) mass is 280 g/mol. The SMILES string of the molecule is Nc1ccc2nc(S(=O)(=O)C3CCCCC3)oc2c1. The first kappa shape index (κ1) is 12.5. The van der Waals surface area contributed by atoms with Crippen molar-refractivity contribution in [1.29, 1.82) is 0 Å². The Morgan fingerprint density at radius 3 is 2.68 bits per heavy atom. The van der Waals surface area contributed by atoms with Crippen molar-refractivity contribution < 1.29 is 12.8 Å². The number of anilines is 1. The molecule has 1 aromatic heterocycles. The number of nitrogen functional groups attached to an aromatic ring is 1. The molecule has 2 N–H and O–H groups in total. The highest BCUT2D eigenvalue weighted by atomic mass is 32.2. The van der Waals surface area contributed by atoms with Crippen LogP contribution in [0.15, 0.2) is 27.8 Å². The Morgan fingerprint density at radius 2 is 1.95 bits per heavy atom. The number of aromatic nitrogens is 1. The molecule has 0 unspecified atom stereocenters. The standard InChI is InChI=1S/C13H16N2O3S/c14-9-6-7-11-12(8-9)18-13(15-11)19(16,17)10-4-2-1-3-5-10/h6-8,10H,1-5,14H2. The van der Waals surface area contributed by atoms with Crippen molar-refractivity contribution in [2.75, 3.05) is 5.73 Å². The Labute approximate surface area is 111 Å². The van der Waals surface area contributed by atoms with Crippen molar-refractivity contribution in [1.82, 2.24) is 4.98 Å². The number of hydrogen-bond donors (Lipinski definition) is 1. The van der Waals surface area contributed by atoms with Crippen LogP contribution in [0.4, 0.5) is 5.69 Å². The third-order valence-corrected chi connectivity index (χ3v) is 5.64. The first-order chi connectivity index (χ1) is 9.07. The molecule has 0 amide bonds. The maximum absolute atomic E-state index is 12.5. The fraction of sp³-hybridized carbons (Fsp3) is 0.462. The van der Waals surface area contributed by atoms with E-state index in [4.69, 9.17) is 10.2 Å². The summed E-state index contributed by atoms with van der Waals surface area (Å²) in [6.45, 7) is 0. The topological polar surface area (TPSA) is 86.2 Å². The fourth-order valence-corrected chi connectivity index (χ4v) is 4.23. The minimum atomic E-state index is -3.46. The zero-order chi connectivity index (χ0) is 13.5. The maximum atomic E-state index is 12.5. The lowest BCUT2D eigenvalue weighted by Crippen LogP contribution is -2.24. The second-order valence-corrected chi connectivity index (χ2v) is 7.12. The van der Waals surface area contributed by atoms with Gasteiger partial charge in [0.05, 0.1) is 5.25 Å². The van der Waals surface area contributed by atoms with Crippen LogP contribution in [-0.2, 0) is 9.84 Å². The molecule has 2 aromatic rings. The lowest BCUT2D eigenvalue weighted by atomic mass is 10.0. The lowest BCUT2D eigenvalue weighted by Gasteiger charge is -2.19. The van der Waals surface area contributed by atoms with Crippen molar-refractivity contribution in [3.63, 3.8) is 0 Å². The van der Waals surface area contributed by atoms with Gasteiger partial charge < -0.3 is 10.2 Å². The normalized spacial score (nSPS) is 17.9. The molecule has 1 saturated carbocycles. The van der Waals surface area contributed by atoms with E-state index in [-0.39, 0.29) is 10.5 Å². The molecule has 1 heterocycles. The Kier molecular flexibility index (Phi) is 2.97. The summed E-state index contributed by atoms with van der Waals surface area (Å²) in [6.07, 6.45) is 4.41. The molecule has 102 valence electrons. The molecule has 3 rings (SSSR count). The zero-order valence-corrected chi connectivity index (χ0v) is 11.3. The van der Waals surface area contributed by atoms with Crippen LogP contribution in [0.2, 0.25) is 0 Å². The molecule has 0 bridgehead atoms. The predicted octanol–water partition coefficient (Wildman–Crippen LogP) is 2.52. The van der Waals surface area contributed by atoms with Crippen LogP contribution in [0, 0.1) is 0 Å². The van der Waals surface area contributed by atoms with Crippen LogP contribution in [0.5, 0.6) is 0 Å². The summed E-state index contributed by atoms with van der Waals surface area (Å²) in [6, 6.07) is 4.96. The zero-order valence-electron chi connectivity index (χ0n) is 10.5. The maximum Gasteiger partial charge on any atom is 0.316 e. The summed E-state index contributed by atoms with van der Waals surface area (Å²) >= 11 is 0. The van der Waals surface area contributed by atoms with Gasteiger partial charge in [0, 0.05) is 11.8 Å². The van der Waals surface area contributed by atoms with E-state index in [0.29, 0.717) is 29.6 Å². The van der Waals surface area contributed by atoms with Gasteiger partial charge in [0.25, 0.3) is 0 Å². The quantitative estimate of drug-likeness (QED) is 0.854. The van der Waals surface area contributed by atoms with E-state index in [0.717, 1.165) is 19.3 Å². The Hall–Kier alpha value is -1.56. The Morgan fingerprint density at radius 1 is 1.21 bits per heavy atom. The fourth-order valence-electron chi connectivity index (χ4n) is 2.56. The third-order valence-electron chi connectivity index (χ3n) is 3.63. The molecule has 1 aromatic carbocycles. The van der Waals surface area contributed by atoms with Gasteiger partial charge in [-0.3, -0.25) is 0 Å². The minimum absolute atomic E-state index is 0.167. The highest BCUT2D eigenvalue weighted by Crippen LogP contribution is 2.30. The molecule has 5 nitrogen and oxygen atoms in total. The van der Waals surface area contributed by atoms with Gasteiger partial charge in [-0.2, -0.15) is 4.98 Å². The number of hydrogen-bond acceptors (Lipinski definition) is 5. The molecule has 0 saturated heterocycles. The molecule has 0 radical (unpaired) electrons. The predicted molar refractivity (Wildman–Crippen MR) is 72.5 cm³/mol. The summed E-state index contributed by atoms with van der Waals surface area (Å²) in [5, 5.41) is -0.522. The van der Waals surface area contributed by atoms with E-state index in [2.05, 4.69) is 4.98 Å². The Bertz CT molecular complexity index is 700. The number of nitrogens with zero attached hydrogens (tertiary/aromatic N) is 1. The van der Waals surface area contributed by atoms with Gasteiger partial charge in [0.1, 0.15) is 5.52 Å². The first-order valence-corrected chi connectivity index (χ1v) is 8.02. The van der Waals surface area contributed by atoms with Gasteiger partial charge in [-0.15, -0.1) is 0 Å². The molecule has 0 atom stereocenters. The second kappa shape index (κ2) is 4.52. The summed E-state index contributed by atoms with van der Waals surface area (Å²) in [5.74, 6) is 0. The van der Waals surface area contributed by atoms with Crippen LogP contribution in [0.25, 0.3) is 11.1 Å². The lowest BCUT2D eigenvalue weighted by molar-refractivity contribution is 0.433. The van der Waals surface area contributed by atoms with Crippen molar-refractivity contribution >= 4 is 26.6 Å². The third kappa shape index (κ3) is 2.20. The molecule has 1 aliphatic rings. The summed E-state index contributed by atoms with van der Waals surface area (Å²) in [5.41, 5.74) is 7.14. The Balaban J connectivity index is 2.02. The molecule has 1 aliphatic carbocycles.